The van der Waals surface area contributed by atoms with E-state index >= 15 is 0 Å². The van der Waals surface area contributed by atoms with Crippen LogP contribution in [0, 0.1) is 13.8 Å². The Bertz CT molecular complexity index is 763. The zero-order valence-electron chi connectivity index (χ0n) is 14.0. The zero-order valence-corrected chi connectivity index (χ0v) is 14.8. The number of rotatable bonds is 2. The second-order valence-electron chi connectivity index (χ2n) is 6.41. The van der Waals surface area contributed by atoms with Crippen LogP contribution in [0.3, 0.4) is 0 Å². The number of aryl methyl sites for hydroxylation is 2. The molecule has 24 heavy (non-hydrogen) atoms. The maximum absolute atomic E-state index is 13.0. The van der Waals surface area contributed by atoms with Crippen LogP contribution in [-0.2, 0) is 0 Å². The number of carbonyl (C=O) groups is 1. The van der Waals surface area contributed by atoms with Gasteiger partial charge in [0.2, 0.25) is 0 Å². The highest BCUT2D eigenvalue weighted by molar-refractivity contribution is 7.14. The van der Waals surface area contributed by atoms with Crippen LogP contribution >= 0.6 is 11.3 Å². The molecule has 2 aliphatic heterocycles. The second-order valence-corrected chi connectivity index (χ2v) is 7.67. The Morgan fingerprint density at radius 3 is 2.71 bits per heavy atom. The van der Waals surface area contributed by atoms with E-state index in [0.717, 1.165) is 41.3 Å². The molecule has 0 aliphatic carbocycles. The van der Waals surface area contributed by atoms with Gasteiger partial charge >= 0.3 is 0 Å². The van der Waals surface area contributed by atoms with Gasteiger partial charge in [0.1, 0.15) is 13.2 Å². The van der Waals surface area contributed by atoms with Gasteiger partial charge in [-0.15, -0.1) is 11.3 Å². The van der Waals surface area contributed by atoms with Crippen LogP contribution in [0.2, 0.25) is 0 Å². The van der Waals surface area contributed by atoms with E-state index in [9.17, 15) is 4.79 Å². The van der Waals surface area contributed by atoms with Crippen molar-refractivity contribution in [1.29, 1.82) is 0 Å². The molecule has 0 saturated carbocycles. The molecule has 1 atom stereocenters. The van der Waals surface area contributed by atoms with Gasteiger partial charge < -0.3 is 14.4 Å². The molecule has 2 aliphatic rings. The van der Waals surface area contributed by atoms with Gasteiger partial charge in [0.15, 0.2) is 11.5 Å². The summed E-state index contributed by atoms with van der Waals surface area (Å²) in [6.07, 6.45) is 2.03. The molecule has 0 bridgehead atoms. The van der Waals surface area contributed by atoms with E-state index in [2.05, 4.69) is 19.9 Å². The van der Waals surface area contributed by atoms with E-state index in [1.54, 1.807) is 11.3 Å². The lowest BCUT2D eigenvalue weighted by Gasteiger charge is -2.26. The van der Waals surface area contributed by atoms with Crippen LogP contribution in [-0.4, -0.2) is 30.6 Å². The van der Waals surface area contributed by atoms with Crippen molar-refractivity contribution in [3.63, 3.8) is 0 Å². The molecule has 2 aromatic rings. The van der Waals surface area contributed by atoms with Crippen LogP contribution < -0.4 is 9.47 Å². The SMILES string of the molecule is Cc1cc(C(=O)N2CCC[C@@H]2c2ccc3c(c2)OCCO3)sc1C. The molecule has 1 saturated heterocycles. The number of ether oxygens (including phenoxy) is 2. The summed E-state index contributed by atoms with van der Waals surface area (Å²) in [4.78, 5) is 17.0. The predicted molar refractivity (Wildman–Crippen MR) is 94.2 cm³/mol. The number of nitrogens with zero attached hydrogens (tertiary/aromatic N) is 1. The second kappa shape index (κ2) is 6.13. The predicted octanol–water partition coefficient (Wildman–Crippen LogP) is 4.11. The summed E-state index contributed by atoms with van der Waals surface area (Å²) in [5, 5.41) is 0. The van der Waals surface area contributed by atoms with Crippen LogP contribution in [0.5, 0.6) is 11.5 Å². The molecular weight excluding hydrogens is 322 g/mol. The molecule has 0 unspecified atom stereocenters. The van der Waals surface area contributed by atoms with Crippen LogP contribution in [0.1, 0.15) is 44.6 Å². The summed E-state index contributed by atoms with van der Waals surface area (Å²) in [5.41, 5.74) is 2.33. The first-order valence-electron chi connectivity index (χ1n) is 8.41. The topological polar surface area (TPSA) is 38.8 Å². The summed E-state index contributed by atoms with van der Waals surface area (Å²) < 4.78 is 11.3. The highest BCUT2D eigenvalue weighted by Crippen LogP contribution is 2.39. The van der Waals surface area contributed by atoms with E-state index < -0.39 is 0 Å². The van der Waals surface area contributed by atoms with Crippen molar-refractivity contribution in [2.45, 2.75) is 32.7 Å². The normalized spacial score (nSPS) is 19.6. The Labute approximate surface area is 146 Å². The quantitative estimate of drug-likeness (QED) is 0.823. The first-order chi connectivity index (χ1) is 11.6. The van der Waals surface area contributed by atoms with Crippen molar-refractivity contribution < 1.29 is 14.3 Å². The molecule has 3 heterocycles. The molecule has 0 N–H and O–H groups in total. The van der Waals surface area contributed by atoms with Crippen molar-refractivity contribution in [3.8, 4) is 11.5 Å². The standard InChI is InChI=1S/C19H21NO3S/c1-12-10-18(24-13(12)2)19(21)20-7-3-4-15(20)14-5-6-16-17(11-14)23-9-8-22-16/h5-6,10-11,15H,3-4,7-9H2,1-2H3/t15-/m1/s1. The highest BCUT2D eigenvalue weighted by Gasteiger charge is 2.32. The van der Waals surface area contributed by atoms with E-state index in [4.69, 9.17) is 9.47 Å². The molecule has 5 heteroatoms. The molecule has 126 valence electrons. The van der Waals surface area contributed by atoms with Gasteiger partial charge in [-0.2, -0.15) is 0 Å². The Morgan fingerprint density at radius 2 is 1.96 bits per heavy atom. The summed E-state index contributed by atoms with van der Waals surface area (Å²) in [6, 6.07) is 8.20. The lowest BCUT2D eigenvalue weighted by molar-refractivity contribution is 0.0740. The first-order valence-corrected chi connectivity index (χ1v) is 9.22. The molecular formula is C19H21NO3S. The fraction of sp³-hybridized carbons (Fsp3) is 0.421. The number of likely N-dealkylation sites (tertiary alicyclic amines) is 1. The Balaban J connectivity index is 1.61. The van der Waals surface area contributed by atoms with E-state index in [0.29, 0.717) is 13.2 Å². The van der Waals surface area contributed by atoms with Gasteiger partial charge in [-0.05, 0) is 56.0 Å². The average Bonchev–Trinajstić information content (AvgIpc) is 3.21. The highest BCUT2D eigenvalue weighted by atomic mass is 32.1. The number of hydrogen-bond donors (Lipinski definition) is 0. The number of hydrogen-bond acceptors (Lipinski definition) is 4. The fourth-order valence-corrected chi connectivity index (χ4v) is 4.43. The summed E-state index contributed by atoms with van der Waals surface area (Å²) >= 11 is 1.59. The Kier molecular flexibility index (Phi) is 3.96. The van der Waals surface area contributed by atoms with Crippen molar-refractivity contribution in [2.24, 2.45) is 0 Å². The Hall–Kier alpha value is -2.01. The third-order valence-electron chi connectivity index (χ3n) is 4.84. The maximum Gasteiger partial charge on any atom is 0.264 e. The van der Waals surface area contributed by atoms with Crippen molar-refractivity contribution in [1.82, 2.24) is 4.90 Å². The minimum Gasteiger partial charge on any atom is -0.486 e. The number of fused-ring (bicyclic) bond motifs is 1. The maximum atomic E-state index is 13.0. The lowest BCUT2D eigenvalue weighted by atomic mass is 10.0. The molecule has 1 aromatic carbocycles. The summed E-state index contributed by atoms with van der Waals surface area (Å²) in [6.45, 7) is 6.12. The van der Waals surface area contributed by atoms with Crippen LogP contribution in [0.25, 0.3) is 0 Å². The minimum absolute atomic E-state index is 0.121. The van der Waals surface area contributed by atoms with Gasteiger partial charge in [0.25, 0.3) is 5.91 Å². The smallest absolute Gasteiger partial charge is 0.264 e. The monoisotopic (exact) mass is 343 g/mol. The van der Waals surface area contributed by atoms with E-state index in [-0.39, 0.29) is 11.9 Å². The molecule has 1 amide bonds. The third-order valence-corrected chi connectivity index (χ3v) is 5.98. The molecule has 1 fully saturated rings. The largest absolute Gasteiger partial charge is 0.486 e. The molecule has 4 rings (SSSR count). The average molecular weight is 343 g/mol. The molecule has 0 spiro atoms. The van der Waals surface area contributed by atoms with Gasteiger partial charge in [-0.1, -0.05) is 6.07 Å². The molecule has 0 radical (unpaired) electrons. The van der Waals surface area contributed by atoms with Crippen LogP contribution in [0.15, 0.2) is 24.3 Å². The Morgan fingerprint density at radius 1 is 1.17 bits per heavy atom. The van der Waals surface area contributed by atoms with Crippen LogP contribution in [0.4, 0.5) is 0 Å². The minimum atomic E-state index is 0.121. The summed E-state index contributed by atoms with van der Waals surface area (Å²) in [5.74, 6) is 1.74. The van der Waals surface area contributed by atoms with E-state index in [1.807, 2.05) is 23.1 Å². The van der Waals surface area contributed by atoms with Crippen molar-refractivity contribution >= 4 is 17.2 Å². The number of amides is 1. The van der Waals surface area contributed by atoms with E-state index in [1.165, 1.54) is 10.4 Å². The van der Waals surface area contributed by atoms with Gasteiger partial charge in [-0.3, -0.25) is 4.79 Å². The van der Waals surface area contributed by atoms with Crippen molar-refractivity contribution in [2.75, 3.05) is 19.8 Å². The molecule has 4 nitrogen and oxygen atoms in total. The third kappa shape index (κ3) is 2.67. The van der Waals surface area contributed by atoms with Gasteiger partial charge in [-0.25, -0.2) is 0 Å². The summed E-state index contributed by atoms with van der Waals surface area (Å²) in [7, 11) is 0. The van der Waals surface area contributed by atoms with Gasteiger partial charge in [0.05, 0.1) is 10.9 Å². The number of carbonyl (C=O) groups excluding carboxylic acids is 1. The molecule has 1 aromatic heterocycles. The zero-order chi connectivity index (χ0) is 16.7. The van der Waals surface area contributed by atoms with Crippen molar-refractivity contribution in [3.05, 3.63) is 45.1 Å². The first kappa shape index (κ1) is 15.5. The fourth-order valence-electron chi connectivity index (χ4n) is 3.44. The van der Waals surface area contributed by atoms with Gasteiger partial charge in [0, 0.05) is 11.4 Å². The lowest BCUT2D eigenvalue weighted by Crippen LogP contribution is -2.30. The number of benzene rings is 1. The number of thiophene rings is 1.